The summed E-state index contributed by atoms with van der Waals surface area (Å²) in [5.41, 5.74) is 13.7. The van der Waals surface area contributed by atoms with Gasteiger partial charge < -0.3 is 0 Å². The van der Waals surface area contributed by atoms with Crippen LogP contribution < -0.4 is 0 Å². The molecule has 0 atom stereocenters. The van der Waals surface area contributed by atoms with Crippen LogP contribution in [0.2, 0.25) is 0 Å². The van der Waals surface area contributed by atoms with Crippen LogP contribution in [-0.2, 0) is 12.8 Å². The summed E-state index contributed by atoms with van der Waals surface area (Å²) in [4.78, 5) is 0. The second kappa shape index (κ2) is 7.43. The zero-order valence-electron chi connectivity index (χ0n) is 21.0. The van der Waals surface area contributed by atoms with Gasteiger partial charge in [0, 0.05) is 0 Å². The normalized spacial score (nSPS) is 13.1. The first-order valence-electron chi connectivity index (χ1n) is 13.5. The third-order valence-corrected chi connectivity index (χ3v) is 8.88. The number of benzene rings is 7. The Bertz CT molecular complexity index is 2080. The van der Waals surface area contributed by atoms with Crippen LogP contribution >= 0.6 is 0 Å². The van der Waals surface area contributed by atoms with E-state index in [-0.39, 0.29) is 0 Å². The number of hydrogen-bond acceptors (Lipinski definition) is 0. The van der Waals surface area contributed by atoms with Crippen molar-refractivity contribution >= 4 is 32.3 Å². The average molecular weight is 481 g/mol. The molecule has 2 aliphatic carbocycles. The second-order valence-corrected chi connectivity index (χ2v) is 10.9. The van der Waals surface area contributed by atoms with E-state index in [4.69, 9.17) is 0 Å². The molecule has 7 aromatic rings. The Hall–Kier alpha value is -4.68. The topological polar surface area (TPSA) is 0 Å². The molecule has 0 radical (unpaired) electrons. The summed E-state index contributed by atoms with van der Waals surface area (Å²) in [5, 5.41) is 8.86. The molecule has 9 rings (SSSR count). The highest BCUT2D eigenvalue weighted by molar-refractivity contribution is 6.31. The Balaban J connectivity index is 1.17. The summed E-state index contributed by atoms with van der Waals surface area (Å²) in [7, 11) is 0. The van der Waals surface area contributed by atoms with Gasteiger partial charge in [-0.1, -0.05) is 115 Å². The molecule has 7 aromatic carbocycles. The van der Waals surface area contributed by atoms with Crippen LogP contribution in [0, 0.1) is 0 Å². The fourth-order valence-electron chi connectivity index (χ4n) is 7.18. The molecule has 0 unspecified atom stereocenters. The molecule has 0 saturated carbocycles. The third-order valence-electron chi connectivity index (χ3n) is 8.88. The van der Waals surface area contributed by atoms with Crippen LogP contribution in [0.25, 0.3) is 65.7 Å². The zero-order chi connectivity index (χ0) is 24.8. The molecule has 0 aromatic heterocycles. The van der Waals surface area contributed by atoms with Gasteiger partial charge >= 0.3 is 0 Å². The quantitative estimate of drug-likeness (QED) is 0.221. The van der Waals surface area contributed by atoms with E-state index in [2.05, 4.69) is 121 Å². The fourth-order valence-corrected chi connectivity index (χ4v) is 7.18. The second-order valence-electron chi connectivity index (χ2n) is 10.9. The van der Waals surface area contributed by atoms with E-state index in [1.807, 2.05) is 0 Å². The highest BCUT2D eigenvalue weighted by Crippen LogP contribution is 2.51. The largest absolute Gasteiger partial charge is 0.0622 e. The summed E-state index contributed by atoms with van der Waals surface area (Å²) >= 11 is 0. The van der Waals surface area contributed by atoms with Gasteiger partial charge in [-0.15, -0.1) is 0 Å². The van der Waals surface area contributed by atoms with Crippen molar-refractivity contribution in [3.05, 3.63) is 144 Å². The van der Waals surface area contributed by atoms with E-state index in [9.17, 15) is 0 Å². The standard InChI is InChI=1S/C38H24/c1-2-6-23(7-3-1)24-12-14-25(15-13-24)26-16-18-27(19-17-26)33-22-30-20-28-8-4-10-31-32-11-5-9-29-21-34(33)38(36(29)32)37(30)35(28)31/h1-19,22H,20-21H2. The van der Waals surface area contributed by atoms with Crippen molar-refractivity contribution in [3.63, 3.8) is 0 Å². The zero-order valence-corrected chi connectivity index (χ0v) is 21.0. The Morgan fingerprint density at radius 3 is 1.50 bits per heavy atom. The lowest BCUT2D eigenvalue weighted by atomic mass is 9.90. The molecule has 0 aliphatic heterocycles. The van der Waals surface area contributed by atoms with E-state index in [0.29, 0.717) is 0 Å². The summed E-state index contributed by atoms with van der Waals surface area (Å²) in [6.45, 7) is 0. The van der Waals surface area contributed by atoms with Gasteiger partial charge in [-0.2, -0.15) is 0 Å². The van der Waals surface area contributed by atoms with E-state index in [0.717, 1.165) is 12.8 Å². The van der Waals surface area contributed by atoms with E-state index in [1.165, 1.54) is 88.0 Å². The minimum Gasteiger partial charge on any atom is -0.0622 e. The molecule has 0 amide bonds. The van der Waals surface area contributed by atoms with Crippen molar-refractivity contribution in [1.29, 1.82) is 0 Å². The van der Waals surface area contributed by atoms with Crippen LogP contribution in [0.3, 0.4) is 0 Å². The van der Waals surface area contributed by atoms with Gasteiger partial charge in [-0.3, -0.25) is 0 Å². The lowest BCUT2D eigenvalue weighted by Gasteiger charge is -2.14. The molecular weight excluding hydrogens is 456 g/mol. The van der Waals surface area contributed by atoms with Crippen molar-refractivity contribution in [3.8, 4) is 33.4 Å². The molecule has 0 spiro atoms. The number of hydrogen-bond donors (Lipinski definition) is 0. The maximum absolute atomic E-state index is 2.50. The Morgan fingerprint density at radius 2 is 0.868 bits per heavy atom. The van der Waals surface area contributed by atoms with E-state index in [1.54, 1.807) is 0 Å². The Morgan fingerprint density at radius 1 is 0.342 bits per heavy atom. The monoisotopic (exact) mass is 480 g/mol. The van der Waals surface area contributed by atoms with Crippen LogP contribution in [0.5, 0.6) is 0 Å². The van der Waals surface area contributed by atoms with Crippen LogP contribution in [0.1, 0.15) is 22.3 Å². The molecule has 0 heteroatoms. The minimum absolute atomic E-state index is 1.02. The highest BCUT2D eigenvalue weighted by Gasteiger charge is 2.28. The van der Waals surface area contributed by atoms with Gasteiger partial charge in [0.1, 0.15) is 0 Å². The minimum atomic E-state index is 1.02. The van der Waals surface area contributed by atoms with Crippen molar-refractivity contribution in [2.24, 2.45) is 0 Å². The van der Waals surface area contributed by atoms with Gasteiger partial charge in [-0.25, -0.2) is 0 Å². The molecule has 2 aliphatic rings. The van der Waals surface area contributed by atoms with Crippen LogP contribution in [0.15, 0.2) is 121 Å². The predicted octanol–water partition coefficient (Wildman–Crippen LogP) is 9.96. The molecule has 38 heavy (non-hydrogen) atoms. The molecule has 0 heterocycles. The SMILES string of the molecule is c1ccc(-c2ccc(-c3ccc(-c4cc5c6c7c(cccc7c7cccc8c7c6c4C8)C5)cc3)cc2)cc1. The highest BCUT2D eigenvalue weighted by atomic mass is 14.3. The van der Waals surface area contributed by atoms with Gasteiger partial charge in [-0.05, 0) is 107 Å². The molecule has 0 saturated heterocycles. The maximum atomic E-state index is 2.50. The summed E-state index contributed by atoms with van der Waals surface area (Å²) in [5.74, 6) is 0. The van der Waals surface area contributed by atoms with Crippen molar-refractivity contribution in [2.45, 2.75) is 12.8 Å². The molecular formula is C38H24. The van der Waals surface area contributed by atoms with Gasteiger partial charge in [0.2, 0.25) is 0 Å². The van der Waals surface area contributed by atoms with Gasteiger partial charge in [0.15, 0.2) is 0 Å². The number of fused-ring (bicyclic) bond motifs is 1. The van der Waals surface area contributed by atoms with E-state index >= 15 is 0 Å². The summed E-state index contributed by atoms with van der Waals surface area (Å²) < 4.78 is 0. The van der Waals surface area contributed by atoms with Crippen LogP contribution in [0.4, 0.5) is 0 Å². The average Bonchev–Trinajstić information content (AvgIpc) is 3.56. The molecule has 0 fully saturated rings. The number of rotatable bonds is 3. The maximum Gasteiger partial charge on any atom is -0.000683 e. The summed E-state index contributed by atoms with van der Waals surface area (Å²) in [6, 6.07) is 45.0. The summed E-state index contributed by atoms with van der Waals surface area (Å²) in [6.07, 6.45) is 2.06. The van der Waals surface area contributed by atoms with Crippen molar-refractivity contribution in [1.82, 2.24) is 0 Å². The Kier molecular flexibility index (Phi) is 3.99. The molecule has 0 nitrogen and oxygen atoms in total. The predicted molar refractivity (Wildman–Crippen MR) is 161 cm³/mol. The van der Waals surface area contributed by atoms with Crippen molar-refractivity contribution in [2.75, 3.05) is 0 Å². The smallest absolute Gasteiger partial charge is 0.000683 e. The Labute approximate surface area is 221 Å². The molecule has 0 N–H and O–H groups in total. The first kappa shape index (κ1) is 20.4. The first-order chi connectivity index (χ1) is 18.8. The van der Waals surface area contributed by atoms with E-state index < -0.39 is 0 Å². The van der Waals surface area contributed by atoms with Crippen LogP contribution in [-0.4, -0.2) is 0 Å². The lowest BCUT2D eigenvalue weighted by Crippen LogP contribution is -1.91. The third kappa shape index (κ3) is 2.70. The fraction of sp³-hybridized carbons (Fsp3) is 0.0526. The molecule has 176 valence electrons. The lowest BCUT2D eigenvalue weighted by molar-refractivity contribution is 1.24. The van der Waals surface area contributed by atoms with Crippen molar-refractivity contribution < 1.29 is 0 Å². The first-order valence-corrected chi connectivity index (χ1v) is 13.5. The van der Waals surface area contributed by atoms with Gasteiger partial charge in [0.05, 0.1) is 0 Å². The molecule has 0 bridgehead atoms. The van der Waals surface area contributed by atoms with Gasteiger partial charge in [0.25, 0.3) is 0 Å².